The van der Waals surface area contributed by atoms with Crippen LogP contribution < -0.4 is 5.56 Å². The molecule has 3 heterocycles. The molecule has 1 aromatic carbocycles. The van der Waals surface area contributed by atoms with Crippen LogP contribution in [-0.2, 0) is 22.5 Å². The average molecular weight is 458 g/mol. The summed E-state index contributed by atoms with van der Waals surface area (Å²) in [6.07, 6.45) is 3.14. The summed E-state index contributed by atoms with van der Waals surface area (Å²) in [5.41, 5.74) is 2.00. The minimum atomic E-state index is -0.0614. The van der Waals surface area contributed by atoms with E-state index in [1.807, 2.05) is 22.4 Å². The van der Waals surface area contributed by atoms with E-state index in [0.29, 0.717) is 40.2 Å². The Morgan fingerprint density at radius 1 is 1.23 bits per heavy atom. The predicted octanol–water partition coefficient (Wildman–Crippen LogP) is 3.68. The van der Waals surface area contributed by atoms with Gasteiger partial charge in [-0.25, -0.2) is 4.98 Å². The number of hydrogen-bond acceptors (Lipinski definition) is 6. The van der Waals surface area contributed by atoms with Gasteiger partial charge in [0.2, 0.25) is 5.91 Å². The van der Waals surface area contributed by atoms with Gasteiger partial charge in [0.15, 0.2) is 5.16 Å². The van der Waals surface area contributed by atoms with Gasteiger partial charge in [-0.15, -0.1) is 11.3 Å². The average Bonchev–Trinajstić information content (AvgIpc) is 3.27. The SMILES string of the molecule is COCCn1c(SCC(=O)N2CCC(Cc3ccccc3)CC2)nc2ccsc2c1=O. The van der Waals surface area contributed by atoms with Gasteiger partial charge in [0.25, 0.3) is 5.56 Å². The van der Waals surface area contributed by atoms with Crippen molar-refractivity contribution >= 4 is 39.2 Å². The number of ether oxygens (including phenoxy) is 1. The number of fused-ring (bicyclic) bond motifs is 1. The van der Waals surface area contributed by atoms with Crippen LogP contribution in [0.3, 0.4) is 0 Å². The Morgan fingerprint density at radius 3 is 2.74 bits per heavy atom. The summed E-state index contributed by atoms with van der Waals surface area (Å²) in [6.45, 7) is 2.45. The predicted molar refractivity (Wildman–Crippen MR) is 126 cm³/mol. The molecule has 1 aliphatic heterocycles. The van der Waals surface area contributed by atoms with Crippen LogP contribution in [-0.4, -0.2) is 52.9 Å². The van der Waals surface area contributed by atoms with Crippen LogP contribution in [0.5, 0.6) is 0 Å². The summed E-state index contributed by atoms with van der Waals surface area (Å²) in [6, 6.07) is 12.4. The number of thiophene rings is 1. The van der Waals surface area contributed by atoms with Crippen LogP contribution >= 0.6 is 23.1 Å². The number of hydrogen-bond donors (Lipinski definition) is 0. The van der Waals surface area contributed by atoms with Gasteiger partial charge in [-0.1, -0.05) is 42.1 Å². The van der Waals surface area contributed by atoms with E-state index in [2.05, 4.69) is 29.2 Å². The highest BCUT2D eigenvalue weighted by atomic mass is 32.2. The van der Waals surface area contributed by atoms with Crippen LogP contribution in [0.15, 0.2) is 51.7 Å². The van der Waals surface area contributed by atoms with E-state index in [9.17, 15) is 9.59 Å². The third kappa shape index (κ3) is 5.37. The molecule has 2 aromatic heterocycles. The van der Waals surface area contributed by atoms with Crippen molar-refractivity contribution in [3.05, 3.63) is 57.7 Å². The minimum Gasteiger partial charge on any atom is -0.383 e. The fourth-order valence-corrected chi connectivity index (χ4v) is 5.67. The van der Waals surface area contributed by atoms with Gasteiger partial charge in [-0.3, -0.25) is 14.2 Å². The fourth-order valence-electron chi connectivity index (χ4n) is 3.96. The van der Waals surface area contributed by atoms with E-state index >= 15 is 0 Å². The molecule has 4 rings (SSSR count). The lowest BCUT2D eigenvalue weighted by Gasteiger charge is -2.32. The van der Waals surface area contributed by atoms with Gasteiger partial charge in [-0.05, 0) is 42.2 Å². The summed E-state index contributed by atoms with van der Waals surface area (Å²) in [5.74, 6) is 1.03. The zero-order valence-electron chi connectivity index (χ0n) is 17.7. The van der Waals surface area contributed by atoms with Crippen molar-refractivity contribution in [2.24, 2.45) is 5.92 Å². The topological polar surface area (TPSA) is 64.4 Å². The number of thioether (sulfide) groups is 1. The first kappa shape index (κ1) is 22.0. The Balaban J connectivity index is 1.35. The van der Waals surface area contributed by atoms with Crippen molar-refractivity contribution in [1.29, 1.82) is 0 Å². The molecule has 1 fully saturated rings. The molecule has 1 saturated heterocycles. The van der Waals surface area contributed by atoms with E-state index < -0.39 is 0 Å². The summed E-state index contributed by atoms with van der Waals surface area (Å²) in [4.78, 5) is 32.2. The smallest absolute Gasteiger partial charge is 0.272 e. The van der Waals surface area contributed by atoms with E-state index in [1.54, 1.807) is 11.7 Å². The number of piperidine rings is 1. The molecule has 0 unspecified atom stereocenters. The Kier molecular flexibility index (Phi) is 7.42. The minimum absolute atomic E-state index is 0.0614. The lowest BCUT2D eigenvalue weighted by atomic mass is 9.90. The Hall–Kier alpha value is -2.16. The van der Waals surface area contributed by atoms with Crippen molar-refractivity contribution < 1.29 is 9.53 Å². The lowest BCUT2D eigenvalue weighted by Crippen LogP contribution is -2.40. The van der Waals surface area contributed by atoms with Gasteiger partial charge in [0.1, 0.15) is 4.70 Å². The van der Waals surface area contributed by atoms with Crippen molar-refractivity contribution in [2.75, 3.05) is 32.6 Å². The van der Waals surface area contributed by atoms with Crippen molar-refractivity contribution in [2.45, 2.75) is 31.0 Å². The molecule has 31 heavy (non-hydrogen) atoms. The lowest BCUT2D eigenvalue weighted by molar-refractivity contribution is -0.129. The molecule has 0 aliphatic carbocycles. The van der Waals surface area contributed by atoms with E-state index in [0.717, 1.165) is 32.4 Å². The molecule has 0 radical (unpaired) electrons. The third-order valence-electron chi connectivity index (χ3n) is 5.71. The number of aromatic nitrogens is 2. The second kappa shape index (κ2) is 10.4. The summed E-state index contributed by atoms with van der Waals surface area (Å²) in [7, 11) is 1.61. The molecule has 0 bridgehead atoms. The summed E-state index contributed by atoms with van der Waals surface area (Å²) in [5, 5.41) is 2.46. The van der Waals surface area contributed by atoms with Gasteiger partial charge < -0.3 is 9.64 Å². The number of carbonyl (C=O) groups is 1. The Bertz CT molecular complexity index is 1070. The van der Waals surface area contributed by atoms with E-state index in [1.165, 1.54) is 28.7 Å². The number of carbonyl (C=O) groups excluding carboxylic acids is 1. The molecule has 0 N–H and O–H groups in total. The monoisotopic (exact) mass is 457 g/mol. The number of benzene rings is 1. The molecule has 164 valence electrons. The molecule has 8 heteroatoms. The quantitative estimate of drug-likeness (QED) is 0.381. The largest absolute Gasteiger partial charge is 0.383 e. The maximum absolute atomic E-state index is 12.8. The van der Waals surface area contributed by atoms with E-state index in [4.69, 9.17) is 4.74 Å². The normalized spacial score (nSPS) is 14.9. The maximum atomic E-state index is 12.8. The number of likely N-dealkylation sites (tertiary alicyclic amines) is 1. The van der Waals surface area contributed by atoms with Crippen LogP contribution in [0.25, 0.3) is 10.2 Å². The zero-order valence-corrected chi connectivity index (χ0v) is 19.3. The molecule has 6 nitrogen and oxygen atoms in total. The summed E-state index contributed by atoms with van der Waals surface area (Å²) < 4.78 is 7.43. The van der Waals surface area contributed by atoms with Gasteiger partial charge >= 0.3 is 0 Å². The molecular weight excluding hydrogens is 430 g/mol. The van der Waals surface area contributed by atoms with Crippen molar-refractivity contribution in [1.82, 2.24) is 14.5 Å². The first-order valence-corrected chi connectivity index (χ1v) is 12.4. The highest BCUT2D eigenvalue weighted by Crippen LogP contribution is 2.24. The first-order valence-electron chi connectivity index (χ1n) is 10.6. The number of amides is 1. The van der Waals surface area contributed by atoms with Gasteiger partial charge in [-0.2, -0.15) is 0 Å². The second-order valence-electron chi connectivity index (χ2n) is 7.78. The van der Waals surface area contributed by atoms with Crippen LogP contribution in [0, 0.1) is 5.92 Å². The molecular formula is C23H27N3O3S2. The van der Waals surface area contributed by atoms with E-state index in [-0.39, 0.29) is 11.5 Å². The van der Waals surface area contributed by atoms with Crippen LogP contribution in [0.1, 0.15) is 18.4 Å². The summed E-state index contributed by atoms with van der Waals surface area (Å²) >= 11 is 2.74. The molecule has 1 aliphatic rings. The third-order valence-corrected chi connectivity index (χ3v) is 7.56. The highest BCUT2D eigenvalue weighted by molar-refractivity contribution is 7.99. The standard InChI is InChI=1S/C23H27N3O3S2/c1-29-13-12-26-22(28)21-19(9-14-30-21)24-23(26)31-16-20(27)25-10-7-18(8-11-25)15-17-5-3-2-4-6-17/h2-6,9,14,18H,7-8,10-13,15-16H2,1H3. The number of rotatable bonds is 8. The Morgan fingerprint density at radius 2 is 2.00 bits per heavy atom. The highest BCUT2D eigenvalue weighted by Gasteiger charge is 2.23. The number of nitrogens with zero attached hydrogens (tertiary/aromatic N) is 3. The second-order valence-corrected chi connectivity index (χ2v) is 9.64. The van der Waals surface area contributed by atoms with Crippen molar-refractivity contribution in [3.8, 4) is 0 Å². The molecule has 0 atom stereocenters. The maximum Gasteiger partial charge on any atom is 0.272 e. The van der Waals surface area contributed by atoms with Gasteiger partial charge in [0, 0.05) is 20.2 Å². The molecule has 0 saturated carbocycles. The number of methoxy groups -OCH3 is 1. The zero-order chi connectivity index (χ0) is 21.6. The van der Waals surface area contributed by atoms with Gasteiger partial charge in [0.05, 0.1) is 24.4 Å². The van der Waals surface area contributed by atoms with Crippen molar-refractivity contribution in [3.63, 3.8) is 0 Å². The first-order chi connectivity index (χ1) is 15.2. The molecule has 0 spiro atoms. The fraction of sp³-hybridized carbons (Fsp3) is 0.435. The Labute approximate surface area is 190 Å². The molecule has 3 aromatic rings. The van der Waals surface area contributed by atoms with Crippen LogP contribution in [0.2, 0.25) is 0 Å². The van der Waals surface area contributed by atoms with Crippen LogP contribution in [0.4, 0.5) is 0 Å². The molecule has 1 amide bonds.